The van der Waals surface area contributed by atoms with Crippen molar-refractivity contribution >= 4 is 11.3 Å². The summed E-state index contributed by atoms with van der Waals surface area (Å²) >= 11 is 1.78. The second kappa shape index (κ2) is 7.94. The van der Waals surface area contributed by atoms with Gasteiger partial charge in [-0.25, -0.2) is 4.98 Å². The number of hydrogen-bond donors (Lipinski definition) is 1. The van der Waals surface area contributed by atoms with Gasteiger partial charge in [-0.3, -0.25) is 4.90 Å². The molecular formula is C14H25N3OS. The summed E-state index contributed by atoms with van der Waals surface area (Å²) in [6, 6.07) is 0. The van der Waals surface area contributed by atoms with E-state index in [1.807, 2.05) is 0 Å². The number of rotatable bonds is 7. The van der Waals surface area contributed by atoms with Gasteiger partial charge in [0.25, 0.3) is 0 Å². The number of likely N-dealkylation sites (tertiary alicyclic amines) is 1. The number of methoxy groups -OCH3 is 1. The van der Waals surface area contributed by atoms with Crippen LogP contribution in [0.3, 0.4) is 0 Å². The van der Waals surface area contributed by atoms with Crippen LogP contribution in [-0.4, -0.2) is 49.8 Å². The van der Waals surface area contributed by atoms with Gasteiger partial charge in [-0.1, -0.05) is 0 Å². The van der Waals surface area contributed by atoms with Crippen LogP contribution >= 0.6 is 11.3 Å². The molecule has 1 saturated heterocycles. The highest BCUT2D eigenvalue weighted by molar-refractivity contribution is 7.09. The minimum absolute atomic E-state index is 0.770. The molecule has 19 heavy (non-hydrogen) atoms. The standard InChI is InChI=1S/C14H25N3OS/c1-12-11-19-14(16-12)10-17-6-3-4-13(9-17)8-15-5-7-18-2/h11,13,15H,3-10H2,1-2H3. The van der Waals surface area contributed by atoms with E-state index in [-0.39, 0.29) is 0 Å². The van der Waals surface area contributed by atoms with Gasteiger partial charge < -0.3 is 10.1 Å². The summed E-state index contributed by atoms with van der Waals surface area (Å²) in [7, 11) is 1.75. The number of hydrogen-bond acceptors (Lipinski definition) is 5. The molecule has 0 aliphatic carbocycles. The molecule has 1 aromatic heterocycles. The fourth-order valence-corrected chi connectivity index (χ4v) is 3.42. The van der Waals surface area contributed by atoms with E-state index in [0.717, 1.165) is 37.9 Å². The molecule has 2 heterocycles. The third-order valence-corrected chi connectivity index (χ3v) is 4.50. The highest BCUT2D eigenvalue weighted by Gasteiger charge is 2.20. The van der Waals surface area contributed by atoms with E-state index < -0.39 is 0 Å². The molecule has 0 amide bonds. The molecule has 1 unspecified atom stereocenters. The van der Waals surface area contributed by atoms with Crippen molar-refractivity contribution in [2.24, 2.45) is 5.92 Å². The van der Waals surface area contributed by atoms with Gasteiger partial charge in [0.2, 0.25) is 0 Å². The lowest BCUT2D eigenvalue weighted by molar-refractivity contribution is 0.159. The Kier molecular flexibility index (Phi) is 6.23. The summed E-state index contributed by atoms with van der Waals surface area (Å²) in [5, 5.41) is 6.88. The zero-order valence-electron chi connectivity index (χ0n) is 12.0. The molecular weight excluding hydrogens is 258 g/mol. The molecule has 0 spiro atoms. The first-order valence-corrected chi connectivity index (χ1v) is 7.99. The van der Waals surface area contributed by atoms with Crippen molar-refractivity contribution in [2.45, 2.75) is 26.3 Å². The van der Waals surface area contributed by atoms with Crippen LogP contribution in [0.1, 0.15) is 23.5 Å². The normalized spacial score (nSPS) is 20.8. The van der Waals surface area contributed by atoms with E-state index in [0.29, 0.717) is 0 Å². The van der Waals surface area contributed by atoms with Crippen molar-refractivity contribution in [2.75, 3.05) is 39.9 Å². The van der Waals surface area contributed by atoms with Crippen LogP contribution in [-0.2, 0) is 11.3 Å². The summed E-state index contributed by atoms with van der Waals surface area (Å²) in [5.74, 6) is 0.770. The second-order valence-corrected chi connectivity index (χ2v) is 6.27. The minimum Gasteiger partial charge on any atom is -0.383 e. The molecule has 1 atom stereocenters. The van der Waals surface area contributed by atoms with Crippen molar-refractivity contribution in [3.05, 3.63) is 16.1 Å². The third-order valence-electron chi connectivity index (χ3n) is 3.54. The van der Waals surface area contributed by atoms with Gasteiger partial charge in [-0.2, -0.15) is 0 Å². The number of nitrogens with one attached hydrogen (secondary N) is 1. The highest BCUT2D eigenvalue weighted by Crippen LogP contribution is 2.19. The van der Waals surface area contributed by atoms with E-state index in [1.165, 1.54) is 30.9 Å². The average Bonchev–Trinajstić information content (AvgIpc) is 2.81. The molecule has 1 aromatic rings. The van der Waals surface area contributed by atoms with Crippen molar-refractivity contribution in [1.82, 2.24) is 15.2 Å². The first kappa shape index (κ1) is 14.9. The predicted molar refractivity (Wildman–Crippen MR) is 79.6 cm³/mol. The van der Waals surface area contributed by atoms with E-state index >= 15 is 0 Å². The maximum absolute atomic E-state index is 5.05. The largest absolute Gasteiger partial charge is 0.383 e. The third kappa shape index (κ3) is 5.18. The summed E-state index contributed by atoms with van der Waals surface area (Å²) in [6.45, 7) is 8.36. The van der Waals surface area contributed by atoms with E-state index in [1.54, 1.807) is 18.4 Å². The Bertz CT molecular complexity index is 369. The maximum Gasteiger partial charge on any atom is 0.107 e. The number of thiazole rings is 1. The summed E-state index contributed by atoms with van der Waals surface area (Å²) in [4.78, 5) is 7.11. The van der Waals surface area contributed by atoms with Crippen molar-refractivity contribution < 1.29 is 4.74 Å². The molecule has 4 nitrogen and oxygen atoms in total. The van der Waals surface area contributed by atoms with Crippen LogP contribution in [0.4, 0.5) is 0 Å². The van der Waals surface area contributed by atoms with Crippen LogP contribution in [0, 0.1) is 12.8 Å². The van der Waals surface area contributed by atoms with Crippen LogP contribution in [0.15, 0.2) is 5.38 Å². The SMILES string of the molecule is COCCNCC1CCCN(Cc2nc(C)cs2)C1. The van der Waals surface area contributed by atoms with Gasteiger partial charge in [0.05, 0.1) is 13.2 Å². The number of aryl methyl sites for hydroxylation is 1. The lowest BCUT2D eigenvalue weighted by Gasteiger charge is -2.32. The lowest BCUT2D eigenvalue weighted by Crippen LogP contribution is -2.39. The lowest BCUT2D eigenvalue weighted by atomic mass is 9.98. The fraction of sp³-hybridized carbons (Fsp3) is 0.786. The number of piperidine rings is 1. The Balaban J connectivity index is 1.71. The monoisotopic (exact) mass is 283 g/mol. The molecule has 1 N–H and O–H groups in total. The number of aromatic nitrogens is 1. The van der Waals surface area contributed by atoms with Gasteiger partial charge in [-0.15, -0.1) is 11.3 Å². The number of ether oxygens (including phenoxy) is 1. The predicted octanol–water partition coefficient (Wildman–Crippen LogP) is 1.90. The first-order chi connectivity index (χ1) is 9.28. The van der Waals surface area contributed by atoms with Gasteiger partial charge in [-0.05, 0) is 38.8 Å². The van der Waals surface area contributed by atoms with Crippen LogP contribution in [0.25, 0.3) is 0 Å². The van der Waals surface area contributed by atoms with E-state index in [4.69, 9.17) is 4.74 Å². The topological polar surface area (TPSA) is 37.4 Å². The fourth-order valence-electron chi connectivity index (χ4n) is 2.61. The Morgan fingerprint density at radius 3 is 3.21 bits per heavy atom. The first-order valence-electron chi connectivity index (χ1n) is 7.11. The van der Waals surface area contributed by atoms with Crippen LogP contribution in [0.5, 0.6) is 0 Å². The number of nitrogens with zero attached hydrogens (tertiary/aromatic N) is 2. The maximum atomic E-state index is 5.05. The minimum atomic E-state index is 0.770. The molecule has 0 aromatic carbocycles. The molecule has 2 rings (SSSR count). The van der Waals surface area contributed by atoms with Crippen molar-refractivity contribution in [1.29, 1.82) is 0 Å². The van der Waals surface area contributed by atoms with Gasteiger partial charge in [0.1, 0.15) is 5.01 Å². The average molecular weight is 283 g/mol. The quantitative estimate of drug-likeness (QED) is 0.776. The zero-order valence-corrected chi connectivity index (χ0v) is 12.8. The van der Waals surface area contributed by atoms with Gasteiger partial charge in [0.15, 0.2) is 0 Å². The van der Waals surface area contributed by atoms with Crippen LogP contribution in [0.2, 0.25) is 0 Å². The molecule has 5 heteroatoms. The van der Waals surface area contributed by atoms with Gasteiger partial charge >= 0.3 is 0 Å². The molecule has 1 fully saturated rings. The highest BCUT2D eigenvalue weighted by atomic mass is 32.1. The smallest absolute Gasteiger partial charge is 0.107 e. The van der Waals surface area contributed by atoms with Gasteiger partial charge in [0, 0.05) is 31.3 Å². The Morgan fingerprint density at radius 1 is 1.58 bits per heavy atom. The Hall–Kier alpha value is -0.490. The molecule has 0 radical (unpaired) electrons. The van der Waals surface area contributed by atoms with Crippen molar-refractivity contribution in [3.8, 4) is 0 Å². The summed E-state index contributed by atoms with van der Waals surface area (Å²) in [6.07, 6.45) is 2.65. The Morgan fingerprint density at radius 2 is 2.47 bits per heavy atom. The molecule has 1 aliphatic rings. The van der Waals surface area contributed by atoms with E-state index in [9.17, 15) is 0 Å². The second-order valence-electron chi connectivity index (χ2n) is 5.32. The zero-order chi connectivity index (χ0) is 13.5. The molecule has 108 valence electrons. The summed E-state index contributed by atoms with van der Waals surface area (Å²) in [5.41, 5.74) is 1.15. The summed E-state index contributed by atoms with van der Waals surface area (Å²) < 4.78 is 5.05. The molecule has 0 bridgehead atoms. The molecule has 1 aliphatic heterocycles. The van der Waals surface area contributed by atoms with Crippen LogP contribution < -0.4 is 5.32 Å². The van der Waals surface area contributed by atoms with E-state index in [2.05, 4.69) is 27.5 Å². The molecule has 0 saturated carbocycles. The van der Waals surface area contributed by atoms with Crippen molar-refractivity contribution in [3.63, 3.8) is 0 Å². The Labute approximate surface area is 120 Å².